The molecule has 1 heterocycles. The Hall–Kier alpha value is -1.72. The van der Waals surface area contributed by atoms with Crippen molar-refractivity contribution >= 4 is 52.0 Å². The van der Waals surface area contributed by atoms with Crippen molar-refractivity contribution in [3.63, 3.8) is 0 Å². The number of nitrogens with one attached hydrogen (secondary N) is 2. The molecule has 0 aliphatic heterocycles. The van der Waals surface area contributed by atoms with Gasteiger partial charge in [0.2, 0.25) is 0 Å². The Labute approximate surface area is 211 Å². The SMILES string of the molecule is COc1ccc(Nc2nc(NC3CCCCCC3)nc(N(C)C3CCCCC3[As])n2)cc1Cl. The van der Waals surface area contributed by atoms with E-state index < -0.39 is 0 Å². The fourth-order valence-electron chi connectivity index (χ4n) is 4.81. The molecule has 2 saturated carbocycles. The van der Waals surface area contributed by atoms with Crippen LogP contribution < -0.4 is 20.3 Å². The summed E-state index contributed by atoms with van der Waals surface area (Å²) in [7, 11) is 3.72. The first-order valence-electron chi connectivity index (χ1n) is 12.1. The van der Waals surface area contributed by atoms with Gasteiger partial charge < -0.3 is 0 Å². The summed E-state index contributed by atoms with van der Waals surface area (Å²) in [4.78, 5) is 16.6. The number of anilines is 4. The first-order chi connectivity index (χ1) is 16.0. The summed E-state index contributed by atoms with van der Waals surface area (Å²) in [6.07, 6.45) is 12.4. The Bertz CT molecular complexity index is 924. The number of nitrogens with zero attached hydrogens (tertiary/aromatic N) is 4. The molecular weight excluding hydrogens is 499 g/mol. The van der Waals surface area contributed by atoms with E-state index in [0.717, 1.165) is 24.9 Å². The maximum absolute atomic E-state index is 6.33. The van der Waals surface area contributed by atoms with Crippen molar-refractivity contribution in [3.8, 4) is 5.75 Å². The van der Waals surface area contributed by atoms with Gasteiger partial charge in [0, 0.05) is 0 Å². The van der Waals surface area contributed by atoms with Gasteiger partial charge in [-0.3, -0.25) is 0 Å². The zero-order valence-electron chi connectivity index (χ0n) is 19.6. The second-order valence-electron chi connectivity index (χ2n) is 9.12. The molecule has 2 atom stereocenters. The van der Waals surface area contributed by atoms with Crippen molar-refractivity contribution in [2.45, 2.75) is 81.0 Å². The van der Waals surface area contributed by atoms with Crippen LogP contribution in [0.15, 0.2) is 18.2 Å². The molecule has 0 amide bonds. The number of ether oxygens (including phenoxy) is 1. The molecule has 0 saturated heterocycles. The van der Waals surface area contributed by atoms with Gasteiger partial charge in [-0.1, -0.05) is 0 Å². The van der Waals surface area contributed by atoms with Crippen LogP contribution in [0.3, 0.4) is 0 Å². The topological polar surface area (TPSA) is 75.2 Å². The van der Waals surface area contributed by atoms with Gasteiger partial charge in [0.25, 0.3) is 0 Å². The van der Waals surface area contributed by atoms with Gasteiger partial charge in [-0.05, 0) is 0 Å². The zero-order chi connectivity index (χ0) is 23.2. The second kappa shape index (κ2) is 11.6. The van der Waals surface area contributed by atoms with Crippen LogP contribution in [0.2, 0.25) is 9.73 Å². The predicted molar refractivity (Wildman–Crippen MR) is 136 cm³/mol. The van der Waals surface area contributed by atoms with E-state index in [0.29, 0.717) is 45.4 Å². The van der Waals surface area contributed by atoms with Gasteiger partial charge in [0.1, 0.15) is 0 Å². The zero-order valence-corrected chi connectivity index (χ0v) is 22.2. The molecule has 2 radical (unpaired) electrons. The Morgan fingerprint density at radius 3 is 2.36 bits per heavy atom. The molecule has 7 nitrogen and oxygen atoms in total. The summed E-state index contributed by atoms with van der Waals surface area (Å²) in [5.41, 5.74) is 0.809. The third-order valence-electron chi connectivity index (χ3n) is 6.73. The molecule has 0 spiro atoms. The minimum atomic E-state index is 0.404. The van der Waals surface area contributed by atoms with Crippen LogP contribution in [0.1, 0.15) is 64.2 Å². The molecule has 2 fully saturated rings. The van der Waals surface area contributed by atoms with Gasteiger partial charge in [-0.2, -0.15) is 0 Å². The molecule has 2 aromatic rings. The van der Waals surface area contributed by atoms with Crippen LogP contribution in [-0.4, -0.2) is 58.0 Å². The van der Waals surface area contributed by atoms with Crippen molar-refractivity contribution in [2.75, 3.05) is 29.7 Å². The molecule has 2 aliphatic rings. The van der Waals surface area contributed by atoms with E-state index in [1.54, 1.807) is 7.11 Å². The quantitative estimate of drug-likeness (QED) is 0.347. The summed E-state index contributed by atoms with van der Waals surface area (Å²) in [6.45, 7) is 0. The van der Waals surface area contributed by atoms with Gasteiger partial charge in [-0.15, -0.1) is 0 Å². The van der Waals surface area contributed by atoms with Crippen LogP contribution >= 0.6 is 11.6 Å². The number of hydrogen-bond acceptors (Lipinski definition) is 7. The fraction of sp³-hybridized carbons (Fsp3) is 0.625. The van der Waals surface area contributed by atoms with E-state index in [2.05, 4.69) is 39.4 Å². The van der Waals surface area contributed by atoms with Crippen molar-refractivity contribution in [1.82, 2.24) is 15.0 Å². The molecule has 0 bridgehead atoms. The monoisotopic (exact) mass is 532 g/mol. The Morgan fingerprint density at radius 2 is 1.67 bits per heavy atom. The standard InChI is InChI=1S/C24H34AsClN6O/c1-32(20-12-8-7-11-18(20)25)24-30-22(27-16-9-5-3-4-6-10-16)29-23(31-24)28-17-13-14-21(33-2)19(26)15-17/h13-16,18,20H,3-12H2,1-2H3,(H2,27,28,29,30,31). The van der Waals surface area contributed by atoms with Gasteiger partial charge >= 0.3 is 204 Å². The molecule has 178 valence electrons. The number of benzene rings is 1. The molecule has 4 rings (SSSR count). The molecule has 33 heavy (non-hydrogen) atoms. The van der Waals surface area contributed by atoms with E-state index >= 15 is 0 Å². The van der Waals surface area contributed by atoms with E-state index in [-0.39, 0.29) is 0 Å². The third kappa shape index (κ3) is 6.45. The van der Waals surface area contributed by atoms with E-state index in [1.165, 1.54) is 44.9 Å². The van der Waals surface area contributed by atoms with Gasteiger partial charge in [0.05, 0.1) is 7.11 Å². The summed E-state index contributed by atoms with van der Waals surface area (Å²) in [5.74, 6) is 2.49. The molecule has 2 N–H and O–H groups in total. The van der Waals surface area contributed by atoms with Crippen molar-refractivity contribution < 1.29 is 4.74 Å². The number of halogens is 1. The van der Waals surface area contributed by atoms with Crippen molar-refractivity contribution in [1.29, 1.82) is 0 Å². The maximum atomic E-state index is 6.33. The second-order valence-corrected chi connectivity index (χ2v) is 10.9. The minimum absolute atomic E-state index is 0.404. The van der Waals surface area contributed by atoms with E-state index in [9.17, 15) is 0 Å². The van der Waals surface area contributed by atoms with Crippen LogP contribution in [0.4, 0.5) is 23.5 Å². The van der Waals surface area contributed by atoms with Crippen LogP contribution in [0.5, 0.6) is 5.75 Å². The average Bonchev–Trinajstić information content (AvgIpc) is 3.07. The molecular formula is C24H34AsClN6O. The molecule has 1 aromatic heterocycles. The van der Waals surface area contributed by atoms with Crippen LogP contribution in [-0.2, 0) is 0 Å². The normalized spacial score (nSPS) is 21.8. The first kappa shape index (κ1) is 24.4. The Morgan fingerprint density at radius 1 is 0.970 bits per heavy atom. The summed E-state index contributed by atoms with van der Waals surface area (Å²) < 4.78 is 5.83. The van der Waals surface area contributed by atoms with Crippen molar-refractivity contribution in [2.24, 2.45) is 0 Å². The number of hydrogen-bond donors (Lipinski definition) is 2. The Kier molecular flexibility index (Phi) is 8.59. The molecule has 2 unspecified atom stereocenters. The van der Waals surface area contributed by atoms with E-state index in [1.807, 2.05) is 18.2 Å². The summed E-state index contributed by atoms with van der Waals surface area (Å²) in [5, 5.41) is 7.47. The third-order valence-corrected chi connectivity index (χ3v) is 8.29. The van der Waals surface area contributed by atoms with Crippen LogP contribution in [0.25, 0.3) is 0 Å². The fourth-order valence-corrected chi connectivity index (χ4v) is 6.19. The Balaban J connectivity index is 1.61. The predicted octanol–water partition coefficient (Wildman–Crippen LogP) is 5.75. The molecule has 2 aliphatic carbocycles. The van der Waals surface area contributed by atoms with Crippen LogP contribution in [0, 0.1) is 0 Å². The molecule has 9 heteroatoms. The number of rotatable bonds is 7. The summed E-state index contributed by atoms with van der Waals surface area (Å²) in [6, 6.07) is 6.39. The molecule has 1 aromatic carbocycles. The average molecular weight is 533 g/mol. The first-order valence-corrected chi connectivity index (χ1v) is 13.5. The van der Waals surface area contributed by atoms with Gasteiger partial charge in [-0.25, -0.2) is 0 Å². The number of aromatic nitrogens is 3. The number of methoxy groups -OCH3 is 1. The van der Waals surface area contributed by atoms with Crippen molar-refractivity contribution in [3.05, 3.63) is 23.2 Å². The van der Waals surface area contributed by atoms with Gasteiger partial charge in [0.15, 0.2) is 0 Å². The summed E-state index contributed by atoms with van der Waals surface area (Å²) >= 11 is 9.18. The van der Waals surface area contributed by atoms with E-state index in [4.69, 9.17) is 31.3 Å².